The Balaban J connectivity index is 3.50. The highest BCUT2D eigenvalue weighted by atomic mass is 16.5. The van der Waals surface area contributed by atoms with Crippen molar-refractivity contribution >= 4 is 5.97 Å². The molecule has 1 rings (SSSR count). The Labute approximate surface area is 107 Å². The first-order valence-corrected chi connectivity index (χ1v) is 5.60. The number of ether oxygens (including phenoxy) is 2. The van der Waals surface area contributed by atoms with Gasteiger partial charge in [-0.05, 0) is 38.1 Å². The SMILES string of the molecule is CNC(C(=O)O)c1cc(OC)c(C)c(C)c1OC. The molecule has 0 amide bonds. The molecule has 1 aromatic carbocycles. The average molecular weight is 253 g/mol. The predicted octanol–water partition coefficient (Wildman–Crippen LogP) is 1.67. The summed E-state index contributed by atoms with van der Waals surface area (Å²) in [4.78, 5) is 11.2. The largest absolute Gasteiger partial charge is 0.496 e. The molecule has 0 spiro atoms. The summed E-state index contributed by atoms with van der Waals surface area (Å²) >= 11 is 0. The first kappa shape index (κ1) is 14.3. The minimum absolute atomic E-state index is 0.562. The zero-order valence-corrected chi connectivity index (χ0v) is 11.3. The first-order valence-electron chi connectivity index (χ1n) is 5.60. The van der Waals surface area contributed by atoms with Crippen molar-refractivity contribution in [3.05, 3.63) is 22.8 Å². The molecule has 1 unspecified atom stereocenters. The molecule has 0 radical (unpaired) electrons. The molecule has 2 N–H and O–H groups in total. The summed E-state index contributed by atoms with van der Waals surface area (Å²) in [5.74, 6) is 0.279. The number of hydrogen-bond acceptors (Lipinski definition) is 4. The first-order chi connectivity index (χ1) is 8.47. The van der Waals surface area contributed by atoms with Gasteiger partial charge in [0.1, 0.15) is 17.5 Å². The van der Waals surface area contributed by atoms with E-state index in [1.807, 2.05) is 13.8 Å². The Morgan fingerprint density at radius 3 is 2.28 bits per heavy atom. The van der Waals surface area contributed by atoms with Crippen molar-refractivity contribution in [1.29, 1.82) is 0 Å². The number of hydrogen-bond donors (Lipinski definition) is 2. The number of carbonyl (C=O) groups is 1. The van der Waals surface area contributed by atoms with Crippen LogP contribution in [0.1, 0.15) is 22.7 Å². The summed E-state index contributed by atoms with van der Waals surface area (Å²) in [5, 5.41) is 12.0. The van der Waals surface area contributed by atoms with E-state index in [0.717, 1.165) is 11.1 Å². The molecule has 100 valence electrons. The summed E-state index contributed by atoms with van der Waals surface area (Å²) in [6, 6.07) is 0.879. The third-order valence-electron chi connectivity index (χ3n) is 3.09. The molecule has 5 nitrogen and oxygen atoms in total. The molecular formula is C13H19NO4. The van der Waals surface area contributed by atoms with Crippen LogP contribution in [0.4, 0.5) is 0 Å². The van der Waals surface area contributed by atoms with E-state index < -0.39 is 12.0 Å². The molecule has 18 heavy (non-hydrogen) atoms. The monoisotopic (exact) mass is 253 g/mol. The van der Waals surface area contributed by atoms with Gasteiger partial charge in [-0.15, -0.1) is 0 Å². The van der Waals surface area contributed by atoms with Gasteiger partial charge in [-0.1, -0.05) is 0 Å². The Hall–Kier alpha value is -1.75. The molecule has 0 saturated heterocycles. The van der Waals surface area contributed by atoms with E-state index in [2.05, 4.69) is 5.32 Å². The van der Waals surface area contributed by atoms with Crippen molar-refractivity contribution in [2.45, 2.75) is 19.9 Å². The topological polar surface area (TPSA) is 67.8 Å². The maximum atomic E-state index is 11.2. The normalized spacial score (nSPS) is 12.1. The van der Waals surface area contributed by atoms with Crippen molar-refractivity contribution in [2.24, 2.45) is 0 Å². The van der Waals surface area contributed by atoms with Crippen LogP contribution in [-0.2, 0) is 4.79 Å². The van der Waals surface area contributed by atoms with Gasteiger partial charge >= 0.3 is 5.97 Å². The Morgan fingerprint density at radius 1 is 1.28 bits per heavy atom. The van der Waals surface area contributed by atoms with Gasteiger partial charge in [0.15, 0.2) is 0 Å². The highest BCUT2D eigenvalue weighted by molar-refractivity contribution is 5.77. The maximum absolute atomic E-state index is 11.2. The van der Waals surface area contributed by atoms with E-state index in [1.165, 1.54) is 7.11 Å². The summed E-state index contributed by atoms with van der Waals surface area (Å²) < 4.78 is 10.6. The van der Waals surface area contributed by atoms with E-state index in [9.17, 15) is 9.90 Å². The van der Waals surface area contributed by atoms with Crippen LogP contribution in [0.5, 0.6) is 11.5 Å². The predicted molar refractivity (Wildman–Crippen MR) is 68.5 cm³/mol. The number of rotatable bonds is 5. The number of nitrogens with one attached hydrogen (secondary N) is 1. The Kier molecular flexibility index (Phi) is 4.55. The molecule has 0 saturated carbocycles. The number of aliphatic carboxylic acids is 1. The summed E-state index contributed by atoms with van der Waals surface area (Å²) in [5.41, 5.74) is 2.39. The number of carboxylic acids is 1. The minimum atomic E-state index is -0.957. The average Bonchev–Trinajstić information content (AvgIpc) is 2.34. The Bertz CT molecular complexity index is 457. The zero-order chi connectivity index (χ0) is 13.9. The number of methoxy groups -OCH3 is 2. The molecule has 1 atom stereocenters. The summed E-state index contributed by atoms with van der Waals surface area (Å²) in [6.45, 7) is 3.80. The van der Waals surface area contributed by atoms with Gasteiger partial charge in [0.25, 0.3) is 0 Å². The van der Waals surface area contributed by atoms with Gasteiger partial charge in [0, 0.05) is 5.56 Å². The fourth-order valence-electron chi connectivity index (χ4n) is 2.00. The van der Waals surface area contributed by atoms with Crippen LogP contribution in [0.25, 0.3) is 0 Å². The van der Waals surface area contributed by atoms with E-state index >= 15 is 0 Å². The van der Waals surface area contributed by atoms with Crippen LogP contribution in [0, 0.1) is 13.8 Å². The lowest BCUT2D eigenvalue weighted by Gasteiger charge is -2.20. The van der Waals surface area contributed by atoms with Gasteiger partial charge in [0.2, 0.25) is 0 Å². The second-order valence-electron chi connectivity index (χ2n) is 4.01. The lowest BCUT2D eigenvalue weighted by molar-refractivity contribution is -0.139. The molecule has 0 aliphatic rings. The van der Waals surface area contributed by atoms with Crippen LogP contribution < -0.4 is 14.8 Å². The Morgan fingerprint density at radius 2 is 1.89 bits per heavy atom. The standard InChI is InChI=1S/C13H19NO4/c1-7-8(2)12(18-5)9(6-10(7)17-4)11(14-3)13(15)16/h6,11,14H,1-5H3,(H,15,16). The molecule has 0 aromatic heterocycles. The second-order valence-corrected chi connectivity index (χ2v) is 4.01. The maximum Gasteiger partial charge on any atom is 0.325 e. The van der Waals surface area contributed by atoms with Gasteiger partial charge < -0.3 is 19.9 Å². The van der Waals surface area contributed by atoms with Crippen molar-refractivity contribution in [3.8, 4) is 11.5 Å². The molecule has 5 heteroatoms. The van der Waals surface area contributed by atoms with Crippen LogP contribution in [0.2, 0.25) is 0 Å². The molecule has 0 aliphatic carbocycles. The highest BCUT2D eigenvalue weighted by Crippen LogP contribution is 2.36. The van der Waals surface area contributed by atoms with Crippen molar-refractivity contribution in [3.63, 3.8) is 0 Å². The van der Waals surface area contributed by atoms with Crippen LogP contribution in [-0.4, -0.2) is 32.3 Å². The van der Waals surface area contributed by atoms with E-state index in [1.54, 1.807) is 20.2 Å². The van der Waals surface area contributed by atoms with Crippen LogP contribution >= 0.6 is 0 Å². The number of benzene rings is 1. The lowest BCUT2D eigenvalue weighted by atomic mass is 9.98. The van der Waals surface area contributed by atoms with Crippen LogP contribution in [0.3, 0.4) is 0 Å². The second kappa shape index (κ2) is 5.73. The van der Waals surface area contributed by atoms with Gasteiger partial charge in [0.05, 0.1) is 14.2 Å². The van der Waals surface area contributed by atoms with E-state index in [4.69, 9.17) is 9.47 Å². The molecule has 0 fully saturated rings. The number of likely N-dealkylation sites (N-methyl/N-ethyl adjacent to an activating group) is 1. The molecule has 0 bridgehead atoms. The van der Waals surface area contributed by atoms with Gasteiger partial charge in [-0.3, -0.25) is 4.79 Å². The highest BCUT2D eigenvalue weighted by Gasteiger charge is 2.25. The smallest absolute Gasteiger partial charge is 0.325 e. The molecule has 0 aliphatic heterocycles. The van der Waals surface area contributed by atoms with Crippen LogP contribution in [0.15, 0.2) is 6.07 Å². The summed E-state index contributed by atoms with van der Waals surface area (Å²) in [6.07, 6.45) is 0. The lowest BCUT2D eigenvalue weighted by Crippen LogP contribution is -2.25. The third kappa shape index (κ3) is 2.41. The molecular weight excluding hydrogens is 234 g/mol. The fourth-order valence-corrected chi connectivity index (χ4v) is 2.00. The minimum Gasteiger partial charge on any atom is -0.496 e. The quantitative estimate of drug-likeness (QED) is 0.835. The van der Waals surface area contributed by atoms with Crippen molar-refractivity contribution < 1.29 is 19.4 Å². The fraction of sp³-hybridized carbons (Fsp3) is 0.462. The molecule has 1 aromatic rings. The molecule has 0 heterocycles. The zero-order valence-electron chi connectivity index (χ0n) is 11.3. The van der Waals surface area contributed by atoms with Gasteiger partial charge in [-0.2, -0.15) is 0 Å². The third-order valence-corrected chi connectivity index (χ3v) is 3.09. The van der Waals surface area contributed by atoms with Crippen molar-refractivity contribution in [2.75, 3.05) is 21.3 Å². The van der Waals surface area contributed by atoms with Crippen molar-refractivity contribution in [1.82, 2.24) is 5.32 Å². The summed E-state index contributed by atoms with van der Waals surface area (Å²) in [7, 11) is 4.69. The van der Waals surface area contributed by atoms with E-state index in [0.29, 0.717) is 17.1 Å². The number of carboxylic acid groups (broad SMARTS) is 1. The van der Waals surface area contributed by atoms with Gasteiger partial charge in [-0.25, -0.2) is 0 Å². The van der Waals surface area contributed by atoms with E-state index in [-0.39, 0.29) is 0 Å².